The molecule has 0 atom stereocenters. The highest BCUT2D eigenvalue weighted by Crippen LogP contribution is 2.38. The van der Waals surface area contributed by atoms with Crippen molar-refractivity contribution in [2.75, 3.05) is 5.32 Å². The summed E-state index contributed by atoms with van der Waals surface area (Å²) in [4.78, 5) is 28.9. The largest absolute Gasteiger partial charge is 0.365 e. The van der Waals surface area contributed by atoms with Crippen LogP contribution in [0.25, 0.3) is 10.9 Å². The molecule has 0 saturated heterocycles. The molecule has 6 heteroatoms. The maximum atomic E-state index is 12.7. The zero-order valence-electron chi connectivity index (χ0n) is 13.9. The van der Waals surface area contributed by atoms with Gasteiger partial charge < -0.3 is 16.0 Å². The van der Waals surface area contributed by atoms with Crippen molar-refractivity contribution in [1.29, 1.82) is 0 Å². The van der Waals surface area contributed by atoms with E-state index >= 15 is 0 Å². The fraction of sp³-hybridized carbons (Fsp3) is 0.263. The first-order chi connectivity index (χ1) is 12.0. The highest BCUT2D eigenvalue weighted by molar-refractivity contribution is 7.17. The van der Waals surface area contributed by atoms with Crippen LogP contribution in [-0.2, 0) is 12.8 Å². The van der Waals surface area contributed by atoms with Gasteiger partial charge in [-0.15, -0.1) is 11.3 Å². The third-order valence-corrected chi connectivity index (χ3v) is 5.87. The fourth-order valence-corrected chi connectivity index (χ4v) is 4.75. The van der Waals surface area contributed by atoms with Crippen LogP contribution < -0.4 is 11.1 Å². The van der Waals surface area contributed by atoms with Gasteiger partial charge in [-0.3, -0.25) is 9.59 Å². The molecule has 4 rings (SSSR count). The van der Waals surface area contributed by atoms with Crippen LogP contribution in [0.1, 0.15) is 49.7 Å². The van der Waals surface area contributed by atoms with Crippen LogP contribution >= 0.6 is 11.3 Å². The minimum atomic E-state index is -0.470. The second-order valence-electron chi connectivity index (χ2n) is 6.51. The van der Waals surface area contributed by atoms with E-state index in [4.69, 9.17) is 5.73 Å². The molecule has 2 amide bonds. The summed E-state index contributed by atoms with van der Waals surface area (Å²) in [6.45, 7) is 2.02. The highest BCUT2D eigenvalue weighted by Gasteiger charge is 2.25. The van der Waals surface area contributed by atoms with Crippen molar-refractivity contribution in [3.8, 4) is 0 Å². The Hall–Kier alpha value is -2.60. The van der Waals surface area contributed by atoms with Crippen molar-refractivity contribution in [2.45, 2.75) is 32.6 Å². The van der Waals surface area contributed by atoms with Crippen molar-refractivity contribution >= 4 is 39.1 Å². The topological polar surface area (TPSA) is 88.0 Å². The number of primary amides is 1. The van der Waals surface area contributed by atoms with Gasteiger partial charge in [-0.25, -0.2) is 0 Å². The molecule has 2 heterocycles. The number of fused-ring (bicyclic) bond motifs is 2. The van der Waals surface area contributed by atoms with E-state index in [2.05, 4.69) is 10.3 Å². The van der Waals surface area contributed by atoms with E-state index < -0.39 is 5.91 Å². The summed E-state index contributed by atoms with van der Waals surface area (Å²) >= 11 is 1.48. The maximum Gasteiger partial charge on any atom is 0.272 e. The number of rotatable bonds is 3. The fourth-order valence-electron chi connectivity index (χ4n) is 3.46. The van der Waals surface area contributed by atoms with Crippen LogP contribution in [0.4, 0.5) is 5.00 Å². The number of hydrogen-bond acceptors (Lipinski definition) is 3. The van der Waals surface area contributed by atoms with Crippen molar-refractivity contribution in [1.82, 2.24) is 4.98 Å². The molecule has 0 fully saturated rings. The first-order valence-electron chi connectivity index (χ1n) is 8.38. The smallest absolute Gasteiger partial charge is 0.272 e. The lowest BCUT2D eigenvalue weighted by Crippen LogP contribution is -2.18. The van der Waals surface area contributed by atoms with Gasteiger partial charge in [0.05, 0.1) is 5.56 Å². The summed E-state index contributed by atoms with van der Waals surface area (Å²) in [6, 6.07) is 7.82. The zero-order valence-corrected chi connectivity index (χ0v) is 14.8. The number of H-pyrrole nitrogens is 1. The zero-order chi connectivity index (χ0) is 17.6. The van der Waals surface area contributed by atoms with Crippen molar-refractivity contribution in [3.63, 3.8) is 0 Å². The first kappa shape index (κ1) is 15.9. The lowest BCUT2D eigenvalue weighted by atomic mass is 9.95. The number of thiophene rings is 1. The van der Waals surface area contributed by atoms with Gasteiger partial charge in [0.15, 0.2) is 0 Å². The van der Waals surface area contributed by atoms with Gasteiger partial charge in [0.1, 0.15) is 10.7 Å². The monoisotopic (exact) mass is 353 g/mol. The Morgan fingerprint density at radius 3 is 2.80 bits per heavy atom. The molecule has 0 saturated carbocycles. The number of anilines is 1. The molecular formula is C19H19N3O2S. The summed E-state index contributed by atoms with van der Waals surface area (Å²) < 4.78 is 0. The third kappa shape index (κ3) is 2.82. The van der Waals surface area contributed by atoms with Crippen LogP contribution in [0.3, 0.4) is 0 Å². The molecule has 0 aliphatic heterocycles. The van der Waals surface area contributed by atoms with E-state index in [1.165, 1.54) is 16.2 Å². The Kier molecular flexibility index (Phi) is 3.84. The molecule has 5 nitrogen and oxygen atoms in total. The molecule has 2 aromatic heterocycles. The Morgan fingerprint density at radius 1 is 1.20 bits per heavy atom. The molecule has 0 radical (unpaired) electrons. The van der Waals surface area contributed by atoms with Gasteiger partial charge in [0, 0.05) is 15.8 Å². The number of nitrogens with two attached hydrogens (primary N) is 1. The number of hydrogen-bond donors (Lipinski definition) is 3. The second kappa shape index (κ2) is 6.04. The molecule has 4 N–H and O–H groups in total. The minimum absolute atomic E-state index is 0.255. The molecule has 1 aliphatic rings. The molecule has 0 unspecified atom stereocenters. The Bertz CT molecular complexity index is 1000. The SMILES string of the molecule is Cc1ccc2[nH]c(C(=O)Nc3sc4c(c3C(N)=O)CCCC4)cc2c1. The number of carbonyl (C=O) groups excluding carboxylic acids is 2. The summed E-state index contributed by atoms with van der Waals surface area (Å²) in [5.74, 6) is -0.725. The summed E-state index contributed by atoms with van der Waals surface area (Å²) in [5.41, 5.74) is 9.62. The van der Waals surface area contributed by atoms with E-state index in [-0.39, 0.29) is 5.91 Å². The lowest BCUT2D eigenvalue weighted by molar-refractivity contribution is 0.100. The normalized spacial score (nSPS) is 13.6. The predicted octanol–water partition coefficient (Wildman–Crippen LogP) is 3.77. The van der Waals surface area contributed by atoms with Gasteiger partial charge in [0.2, 0.25) is 0 Å². The summed E-state index contributed by atoms with van der Waals surface area (Å²) in [6.07, 6.45) is 3.96. The molecule has 128 valence electrons. The number of aromatic nitrogens is 1. The third-order valence-electron chi connectivity index (χ3n) is 4.67. The number of amides is 2. The maximum absolute atomic E-state index is 12.7. The van der Waals surface area contributed by atoms with E-state index in [1.54, 1.807) is 0 Å². The van der Waals surface area contributed by atoms with Gasteiger partial charge in [0.25, 0.3) is 11.8 Å². The highest BCUT2D eigenvalue weighted by atomic mass is 32.1. The van der Waals surface area contributed by atoms with Gasteiger partial charge in [-0.1, -0.05) is 11.6 Å². The average Bonchev–Trinajstić information content (AvgIpc) is 3.14. The van der Waals surface area contributed by atoms with Crippen molar-refractivity contribution in [2.24, 2.45) is 5.73 Å². The van der Waals surface area contributed by atoms with Crippen LogP contribution in [0.15, 0.2) is 24.3 Å². The number of nitrogens with one attached hydrogen (secondary N) is 2. The van der Waals surface area contributed by atoms with Crippen molar-refractivity contribution < 1.29 is 9.59 Å². The van der Waals surface area contributed by atoms with Crippen LogP contribution in [-0.4, -0.2) is 16.8 Å². The Morgan fingerprint density at radius 2 is 2.00 bits per heavy atom. The van der Waals surface area contributed by atoms with E-state index in [9.17, 15) is 9.59 Å². The van der Waals surface area contributed by atoms with E-state index in [0.29, 0.717) is 16.3 Å². The predicted molar refractivity (Wildman–Crippen MR) is 100 cm³/mol. The molecular weight excluding hydrogens is 334 g/mol. The number of aryl methyl sites for hydroxylation is 2. The minimum Gasteiger partial charge on any atom is -0.365 e. The molecule has 1 aliphatic carbocycles. The van der Waals surface area contributed by atoms with Gasteiger partial charge in [-0.05, 0) is 56.4 Å². The lowest BCUT2D eigenvalue weighted by Gasteiger charge is -2.11. The van der Waals surface area contributed by atoms with E-state index in [0.717, 1.165) is 47.7 Å². The molecule has 1 aromatic carbocycles. The Labute approximate surface area is 149 Å². The number of aromatic amines is 1. The summed E-state index contributed by atoms with van der Waals surface area (Å²) in [5, 5.41) is 4.45. The molecule has 25 heavy (non-hydrogen) atoms. The second-order valence-corrected chi connectivity index (χ2v) is 7.61. The average molecular weight is 353 g/mol. The summed E-state index contributed by atoms with van der Waals surface area (Å²) in [7, 11) is 0. The molecule has 0 bridgehead atoms. The number of benzene rings is 1. The van der Waals surface area contributed by atoms with Gasteiger partial charge >= 0.3 is 0 Å². The Balaban J connectivity index is 1.68. The first-order valence-corrected chi connectivity index (χ1v) is 9.19. The standard InChI is InChI=1S/C19H19N3O2S/c1-10-6-7-13-11(8-10)9-14(21-13)18(24)22-19-16(17(20)23)12-4-2-3-5-15(12)25-19/h6-9,21H,2-5H2,1H3,(H2,20,23)(H,22,24). The van der Waals surface area contributed by atoms with E-state index in [1.807, 2.05) is 31.2 Å². The molecule has 0 spiro atoms. The number of carbonyl (C=O) groups is 2. The van der Waals surface area contributed by atoms with Crippen LogP contribution in [0.2, 0.25) is 0 Å². The van der Waals surface area contributed by atoms with Crippen LogP contribution in [0.5, 0.6) is 0 Å². The van der Waals surface area contributed by atoms with Crippen molar-refractivity contribution in [3.05, 3.63) is 51.5 Å². The van der Waals surface area contributed by atoms with Crippen LogP contribution in [0, 0.1) is 6.92 Å². The van der Waals surface area contributed by atoms with Gasteiger partial charge in [-0.2, -0.15) is 0 Å². The molecule has 3 aromatic rings. The quantitative estimate of drug-likeness (QED) is 0.669.